The number of aromatic carboxylic acids is 1. The van der Waals surface area contributed by atoms with Crippen LogP contribution in [0.25, 0.3) is 0 Å². The lowest BCUT2D eigenvalue weighted by molar-refractivity contribution is -0.153. The second-order valence-corrected chi connectivity index (χ2v) is 9.91. The molecule has 1 fully saturated rings. The molecule has 13 nitrogen and oxygen atoms in total. The fourth-order valence-corrected chi connectivity index (χ4v) is 5.05. The Hall–Kier alpha value is -4.44. The minimum absolute atomic E-state index is 0.0311. The summed E-state index contributed by atoms with van der Waals surface area (Å²) in [5.74, 6) is -10.8. The molecule has 2 atom stereocenters. The SMILES string of the molecule is CCN1CCN(C(=O)NC(C(=O)C[C@H]2Cc3c(F)cc(F)c(C(=O)O)c3OB2O)c2ccc(O)c(O)c2Cl)C(=O)C1=O. The first-order valence-corrected chi connectivity index (χ1v) is 12.9. The van der Waals surface area contributed by atoms with Gasteiger partial charge in [0.25, 0.3) is 0 Å². The Morgan fingerprint density at radius 3 is 2.50 bits per heavy atom. The number of urea groups is 1. The molecule has 2 aromatic rings. The smallest absolute Gasteiger partial charge is 0.526 e. The molecular weight excluding hydrogens is 587 g/mol. The largest absolute Gasteiger partial charge is 0.535 e. The van der Waals surface area contributed by atoms with E-state index in [0.29, 0.717) is 11.0 Å². The normalized spacial score (nSPS) is 17.5. The summed E-state index contributed by atoms with van der Waals surface area (Å²) in [6.45, 7) is 1.69. The number of phenolic OH excluding ortho intramolecular Hbond substituents is 2. The monoisotopic (exact) mass is 609 g/mol. The van der Waals surface area contributed by atoms with Crippen molar-refractivity contribution >= 4 is 48.3 Å². The number of imide groups is 1. The molecule has 2 aromatic carbocycles. The zero-order valence-electron chi connectivity index (χ0n) is 21.8. The van der Waals surface area contributed by atoms with Gasteiger partial charge >= 0.3 is 30.9 Å². The topological polar surface area (TPSA) is 194 Å². The van der Waals surface area contributed by atoms with E-state index in [9.17, 15) is 53.1 Å². The van der Waals surface area contributed by atoms with Gasteiger partial charge in [-0.25, -0.2) is 18.4 Å². The Morgan fingerprint density at radius 1 is 1.17 bits per heavy atom. The number of benzene rings is 2. The van der Waals surface area contributed by atoms with Gasteiger partial charge in [-0.05, 0) is 19.4 Å². The Kier molecular flexibility index (Phi) is 8.59. The third-order valence-electron chi connectivity index (χ3n) is 7.03. The third kappa shape index (κ3) is 5.54. The second-order valence-electron chi connectivity index (χ2n) is 9.53. The number of ketones is 1. The quantitative estimate of drug-likeness (QED) is 0.175. The van der Waals surface area contributed by atoms with Gasteiger partial charge in [0, 0.05) is 49.1 Å². The Labute approximate surface area is 241 Å². The van der Waals surface area contributed by atoms with Crippen LogP contribution in [0.5, 0.6) is 17.2 Å². The van der Waals surface area contributed by atoms with E-state index in [1.165, 1.54) is 4.90 Å². The molecule has 0 saturated carbocycles. The number of rotatable bonds is 7. The molecule has 0 aromatic heterocycles. The van der Waals surface area contributed by atoms with Crippen LogP contribution in [0.1, 0.15) is 40.9 Å². The molecule has 2 aliphatic rings. The van der Waals surface area contributed by atoms with Gasteiger partial charge in [-0.15, -0.1) is 0 Å². The number of hydrogen-bond donors (Lipinski definition) is 5. The van der Waals surface area contributed by atoms with Crippen molar-refractivity contribution in [3.8, 4) is 17.2 Å². The maximum atomic E-state index is 14.6. The second kappa shape index (κ2) is 11.8. The van der Waals surface area contributed by atoms with Crippen LogP contribution in [0, 0.1) is 11.6 Å². The van der Waals surface area contributed by atoms with Crippen LogP contribution < -0.4 is 9.97 Å². The summed E-state index contributed by atoms with van der Waals surface area (Å²) in [5.41, 5.74) is -1.64. The highest BCUT2D eigenvalue weighted by atomic mass is 35.5. The number of nitrogens with one attached hydrogen (secondary N) is 1. The lowest BCUT2D eigenvalue weighted by Crippen LogP contribution is -2.58. The van der Waals surface area contributed by atoms with E-state index in [2.05, 4.69) is 5.32 Å². The Balaban J connectivity index is 1.64. The highest BCUT2D eigenvalue weighted by molar-refractivity contribution is 6.47. The van der Waals surface area contributed by atoms with Crippen LogP contribution in [-0.4, -0.2) is 86.5 Å². The maximum Gasteiger partial charge on any atom is 0.526 e. The zero-order chi connectivity index (χ0) is 31.0. The molecule has 1 unspecified atom stereocenters. The van der Waals surface area contributed by atoms with Gasteiger partial charge in [-0.2, -0.15) is 0 Å². The molecule has 2 heterocycles. The first kappa shape index (κ1) is 30.5. The fraction of sp³-hybridized carbons (Fsp3) is 0.320. The van der Waals surface area contributed by atoms with Crippen LogP contribution in [0.3, 0.4) is 0 Å². The van der Waals surface area contributed by atoms with Crippen molar-refractivity contribution in [3.05, 3.63) is 51.5 Å². The van der Waals surface area contributed by atoms with Crippen molar-refractivity contribution in [2.45, 2.75) is 31.6 Å². The molecule has 0 radical (unpaired) electrons. The third-order valence-corrected chi connectivity index (χ3v) is 7.43. The van der Waals surface area contributed by atoms with Crippen LogP contribution in [-0.2, 0) is 20.8 Å². The summed E-state index contributed by atoms with van der Waals surface area (Å²) in [6.07, 6.45) is -1.14. The average molecular weight is 610 g/mol. The highest BCUT2D eigenvalue weighted by Gasteiger charge is 2.43. The van der Waals surface area contributed by atoms with Crippen LogP contribution in [0.4, 0.5) is 13.6 Å². The van der Waals surface area contributed by atoms with E-state index in [4.69, 9.17) is 16.3 Å². The van der Waals surface area contributed by atoms with E-state index in [1.807, 2.05) is 0 Å². The molecule has 0 aliphatic carbocycles. The molecule has 1 saturated heterocycles. The van der Waals surface area contributed by atoms with E-state index >= 15 is 0 Å². The number of hydrogen-bond acceptors (Lipinski definition) is 9. The predicted octanol–water partition coefficient (Wildman–Crippen LogP) is 1.61. The van der Waals surface area contributed by atoms with Crippen molar-refractivity contribution in [1.82, 2.24) is 15.1 Å². The summed E-state index contributed by atoms with van der Waals surface area (Å²) in [5, 5.41) is 41.5. The Bertz CT molecular complexity index is 1510. The number of halogens is 3. The van der Waals surface area contributed by atoms with Crippen LogP contribution >= 0.6 is 11.6 Å². The van der Waals surface area contributed by atoms with Gasteiger partial charge in [0.15, 0.2) is 17.3 Å². The predicted molar refractivity (Wildman–Crippen MR) is 139 cm³/mol. The van der Waals surface area contributed by atoms with Crippen LogP contribution in [0.15, 0.2) is 18.2 Å². The molecule has 5 N–H and O–H groups in total. The number of carboxylic acid groups (broad SMARTS) is 1. The summed E-state index contributed by atoms with van der Waals surface area (Å²) in [4.78, 5) is 64.8. The number of carboxylic acids is 1. The number of phenols is 2. The standard InChI is InChI=1S/C25H23BClF2N3O10/c1-2-31-5-6-32(23(37)22(31)36)25(40)30-19(11-3-4-15(33)20(35)18(11)27)16(34)8-10-7-12-13(28)9-14(29)17(24(38)39)21(12)42-26(10)41/h3-4,9-10,19,33,35,41H,2,5-8H2,1H3,(H,30,40)(H,38,39)/t10-,19?/m1/s1. The Morgan fingerprint density at radius 2 is 1.86 bits per heavy atom. The summed E-state index contributed by atoms with van der Waals surface area (Å²) < 4.78 is 33.8. The van der Waals surface area contributed by atoms with E-state index < -0.39 is 106 Å². The average Bonchev–Trinajstić information content (AvgIpc) is 2.92. The number of carbonyl (C=O) groups excluding carboxylic acids is 4. The van der Waals surface area contributed by atoms with E-state index in [1.54, 1.807) is 6.92 Å². The van der Waals surface area contributed by atoms with Crippen LogP contribution in [0.2, 0.25) is 10.8 Å². The number of fused-ring (bicyclic) bond motifs is 1. The van der Waals surface area contributed by atoms with E-state index in [-0.39, 0.29) is 25.2 Å². The van der Waals surface area contributed by atoms with Crippen molar-refractivity contribution in [3.63, 3.8) is 0 Å². The molecule has 0 spiro atoms. The molecule has 17 heteroatoms. The zero-order valence-corrected chi connectivity index (χ0v) is 22.5. The van der Waals surface area contributed by atoms with Gasteiger partial charge < -0.3 is 35.2 Å². The first-order chi connectivity index (χ1) is 19.8. The van der Waals surface area contributed by atoms with Crippen molar-refractivity contribution in [2.75, 3.05) is 19.6 Å². The minimum Gasteiger partial charge on any atom is -0.535 e. The van der Waals surface area contributed by atoms with Crippen molar-refractivity contribution in [2.24, 2.45) is 0 Å². The van der Waals surface area contributed by atoms with E-state index in [0.717, 1.165) is 12.1 Å². The van der Waals surface area contributed by atoms with Crippen molar-refractivity contribution < 1.29 is 57.8 Å². The number of carbonyl (C=O) groups is 5. The lowest BCUT2D eigenvalue weighted by Gasteiger charge is -2.33. The van der Waals surface area contributed by atoms with Gasteiger partial charge in [0.05, 0.1) is 5.02 Å². The molecule has 0 bridgehead atoms. The first-order valence-electron chi connectivity index (χ1n) is 12.5. The number of Topliss-reactive ketones (excluding diaryl/α,β-unsaturated/α-hetero) is 1. The molecule has 4 rings (SSSR count). The highest BCUT2D eigenvalue weighted by Crippen LogP contribution is 2.42. The summed E-state index contributed by atoms with van der Waals surface area (Å²) in [7, 11) is -1.91. The van der Waals surface area contributed by atoms with Gasteiger partial charge in [-0.1, -0.05) is 17.7 Å². The summed E-state index contributed by atoms with van der Waals surface area (Å²) in [6, 6.07) is -0.480. The molecule has 2 aliphatic heterocycles. The van der Waals surface area contributed by atoms with Crippen molar-refractivity contribution in [1.29, 1.82) is 0 Å². The van der Waals surface area contributed by atoms with Gasteiger partial charge in [0.2, 0.25) is 0 Å². The number of nitrogens with zero attached hydrogens (tertiary/aromatic N) is 2. The maximum absolute atomic E-state index is 14.6. The number of piperazine rings is 1. The number of amides is 4. The van der Waals surface area contributed by atoms with Gasteiger partial charge in [0.1, 0.15) is 29.0 Å². The number of likely N-dealkylation sites (N-methyl/N-ethyl adjacent to an activating group) is 1. The molecule has 4 amide bonds. The molecule has 222 valence electrons. The lowest BCUT2D eigenvalue weighted by atomic mass is 9.64. The molecule has 42 heavy (non-hydrogen) atoms. The fourth-order valence-electron chi connectivity index (χ4n) is 4.78. The minimum atomic E-state index is -1.91. The molecular formula is C25H23BClF2N3O10. The van der Waals surface area contributed by atoms with Gasteiger partial charge in [-0.3, -0.25) is 19.3 Å². The summed E-state index contributed by atoms with van der Waals surface area (Å²) >= 11 is 6.15. The number of aromatic hydroxyl groups is 2.